The number of nitrogens with two attached hydrogens (primary N) is 1. The van der Waals surface area contributed by atoms with E-state index in [1.165, 1.54) is 4.90 Å². The van der Waals surface area contributed by atoms with Crippen LogP contribution in [0, 0.1) is 0 Å². The third-order valence-electron chi connectivity index (χ3n) is 4.50. The monoisotopic (exact) mass is 337 g/mol. The summed E-state index contributed by atoms with van der Waals surface area (Å²) in [5, 5.41) is 0. The zero-order valence-corrected chi connectivity index (χ0v) is 13.2. The number of primary amides is 1. The zero-order chi connectivity index (χ0) is 17.6. The van der Waals surface area contributed by atoms with Gasteiger partial charge < -0.3 is 15.1 Å². The molecule has 0 radical (unpaired) electrons. The SMILES string of the molecule is NC(=O)[C@@H]1Cc2ccccc2CN1C(=O)c1ccc2oc(=O)[nH]c2c1. The molecule has 1 aliphatic rings. The summed E-state index contributed by atoms with van der Waals surface area (Å²) in [5.74, 6) is -1.44. The Morgan fingerprint density at radius 1 is 1.16 bits per heavy atom. The first kappa shape index (κ1) is 15.2. The van der Waals surface area contributed by atoms with Gasteiger partial charge in [0.25, 0.3) is 5.91 Å². The topological polar surface area (TPSA) is 109 Å². The van der Waals surface area contributed by atoms with Crippen LogP contribution in [-0.4, -0.2) is 27.7 Å². The molecular weight excluding hydrogens is 322 g/mol. The third-order valence-corrected chi connectivity index (χ3v) is 4.50. The fraction of sp³-hybridized carbons (Fsp3) is 0.167. The van der Waals surface area contributed by atoms with E-state index in [0.717, 1.165) is 11.1 Å². The molecule has 1 atom stereocenters. The number of carbonyl (C=O) groups is 2. The van der Waals surface area contributed by atoms with E-state index in [1.54, 1.807) is 18.2 Å². The summed E-state index contributed by atoms with van der Waals surface area (Å²) in [6.07, 6.45) is 0.391. The molecule has 0 unspecified atom stereocenters. The van der Waals surface area contributed by atoms with Crippen molar-refractivity contribution in [2.75, 3.05) is 0 Å². The van der Waals surface area contributed by atoms with Crippen LogP contribution in [-0.2, 0) is 17.8 Å². The van der Waals surface area contributed by atoms with E-state index in [0.29, 0.717) is 29.6 Å². The molecule has 3 aromatic rings. The lowest BCUT2D eigenvalue weighted by atomic mass is 9.93. The minimum absolute atomic E-state index is 0.308. The Morgan fingerprint density at radius 2 is 1.92 bits per heavy atom. The number of rotatable bonds is 2. The maximum Gasteiger partial charge on any atom is 0.417 e. The molecule has 0 saturated carbocycles. The molecule has 1 aromatic heterocycles. The summed E-state index contributed by atoms with van der Waals surface area (Å²) >= 11 is 0. The number of hydrogen-bond donors (Lipinski definition) is 2. The number of carbonyl (C=O) groups excluding carboxylic acids is 2. The molecule has 0 bridgehead atoms. The molecule has 1 aliphatic heterocycles. The molecule has 0 saturated heterocycles. The van der Waals surface area contributed by atoms with Gasteiger partial charge in [-0.2, -0.15) is 0 Å². The molecule has 2 heterocycles. The first-order valence-electron chi connectivity index (χ1n) is 7.83. The molecule has 25 heavy (non-hydrogen) atoms. The van der Waals surface area contributed by atoms with E-state index in [1.807, 2.05) is 24.3 Å². The number of aromatic amines is 1. The predicted octanol–water partition coefficient (Wildman–Crippen LogP) is 1.17. The Morgan fingerprint density at radius 3 is 2.68 bits per heavy atom. The molecule has 0 spiro atoms. The Hall–Kier alpha value is -3.35. The van der Waals surface area contributed by atoms with Gasteiger partial charge in [0.1, 0.15) is 6.04 Å². The Balaban J connectivity index is 1.73. The molecule has 126 valence electrons. The smallest absolute Gasteiger partial charge is 0.408 e. The summed E-state index contributed by atoms with van der Waals surface area (Å²) in [4.78, 5) is 40.1. The Labute approximate surface area is 142 Å². The van der Waals surface area contributed by atoms with Crippen molar-refractivity contribution in [3.63, 3.8) is 0 Å². The maximum absolute atomic E-state index is 13.0. The second kappa shape index (κ2) is 5.62. The van der Waals surface area contributed by atoms with Gasteiger partial charge in [-0.05, 0) is 29.3 Å². The van der Waals surface area contributed by atoms with Crippen LogP contribution in [0.2, 0.25) is 0 Å². The number of oxazole rings is 1. The number of aromatic nitrogens is 1. The second-order valence-electron chi connectivity index (χ2n) is 6.05. The average Bonchev–Trinajstić information content (AvgIpc) is 2.99. The van der Waals surface area contributed by atoms with E-state index in [4.69, 9.17) is 10.2 Å². The van der Waals surface area contributed by atoms with E-state index in [-0.39, 0.29) is 5.91 Å². The average molecular weight is 337 g/mol. The van der Waals surface area contributed by atoms with Gasteiger partial charge in [-0.25, -0.2) is 4.79 Å². The molecule has 3 N–H and O–H groups in total. The molecular formula is C18H15N3O4. The lowest BCUT2D eigenvalue weighted by Gasteiger charge is -2.35. The van der Waals surface area contributed by atoms with Crippen LogP contribution >= 0.6 is 0 Å². The van der Waals surface area contributed by atoms with Gasteiger partial charge in [0.2, 0.25) is 5.91 Å². The van der Waals surface area contributed by atoms with Crippen molar-refractivity contribution in [1.29, 1.82) is 0 Å². The van der Waals surface area contributed by atoms with Crippen LogP contribution in [0.5, 0.6) is 0 Å². The van der Waals surface area contributed by atoms with Crippen molar-refractivity contribution in [1.82, 2.24) is 9.88 Å². The van der Waals surface area contributed by atoms with E-state index < -0.39 is 17.7 Å². The molecule has 0 aliphatic carbocycles. The predicted molar refractivity (Wildman–Crippen MR) is 89.8 cm³/mol. The van der Waals surface area contributed by atoms with Gasteiger partial charge in [-0.15, -0.1) is 0 Å². The van der Waals surface area contributed by atoms with Crippen LogP contribution in [0.3, 0.4) is 0 Å². The van der Waals surface area contributed by atoms with E-state index in [2.05, 4.69) is 4.98 Å². The van der Waals surface area contributed by atoms with Gasteiger partial charge >= 0.3 is 5.76 Å². The molecule has 4 rings (SSSR count). The number of H-pyrrole nitrogens is 1. The zero-order valence-electron chi connectivity index (χ0n) is 13.2. The normalized spacial score (nSPS) is 16.6. The van der Waals surface area contributed by atoms with E-state index in [9.17, 15) is 14.4 Å². The fourth-order valence-electron chi connectivity index (χ4n) is 3.24. The Kier molecular flexibility index (Phi) is 3.42. The largest absolute Gasteiger partial charge is 0.417 e. The summed E-state index contributed by atoms with van der Waals surface area (Å²) in [7, 11) is 0. The highest BCUT2D eigenvalue weighted by atomic mass is 16.4. The van der Waals surface area contributed by atoms with Crippen molar-refractivity contribution >= 4 is 22.9 Å². The second-order valence-corrected chi connectivity index (χ2v) is 6.05. The highest BCUT2D eigenvalue weighted by Crippen LogP contribution is 2.25. The number of nitrogens with one attached hydrogen (secondary N) is 1. The molecule has 2 amide bonds. The lowest BCUT2D eigenvalue weighted by molar-refractivity contribution is -0.122. The van der Waals surface area contributed by atoms with Crippen molar-refractivity contribution in [2.24, 2.45) is 5.73 Å². The van der Waals surface area contributed by atoms with Crippen molar-refractivity contribution in [2.45, 2.75) is 19.0 Å². The van der Waals surface area contributed by atoms with Gasteiger partial charge in [-0.3, -0.25) is 14.6 Å². The van der Waals surface area contributed by atoms with Crippen LogP contribution < -0.4 is 11.5 Å². The summed E-state index contributed by atoms with van der Waals surface area (Å²) in [6.45, 7) is 0.308. The number of nitrogens with zero attached hydrogens (tertiary/aromatic N) is 1. The summed E-state index contributed by atoms with van der Waals surface area (Å²) in [5.41, 5.74) is 8.70. The quantitative estimate of drug-likeness (QED) is 0.731. The van der Waals surface area contributed by atoms with Gasteiger partial charge in [0, 0.05) is 18.5 Å². The Bertz CT molecular complexity index is 1050. The highest BCUT2D eigenvalue weighted by Gasteiger charge is 2.33. The van der Waals surface area contributed by atoms with Crippen molar-refractivity contribution in [3.8, 4) is 0 Å². The summed E-state index contributed by atoms with van der Waals surface area (Å²) in [6, 6.07) is 11.6. The number of benzene rings is 2. The third kappa shape index (κ3) is 2.59. The standard InChI is InChI=1S/C18H15N3O4/c19-16(22)14-8-10-3-1-2-4-12(10)9-21(14)17(23)11-5-6-15-13(7-11)20-18(24)25-15/h1-7,14H,8-9H2,(H2,19,22)(H,20,24)/t14-/m0/s1. The first-order chi connectivity index (χ1) is 12.0. The molecule has 7 nitrogen and oxygen atoms in total. The molecule has 7 heteroatoms. The van der Waals surface area contributed by atoms with Crippen LogP contribution in [0.15, 0.2) is 51.7 Å². The number of fused-ring (bicyclic) bond motifs is 2. The van der Waals surface area contributed by atoms with Crippen molar-refractivity contribution in [3.05, 3.63) is 69.7 Å². The highest BCUT2D eigenvalue weighted by molar-refractivity contribution is 5.99. The van der Waals surface area contributed by atoms with Crippen LogP contribution in [0.1, 0.15) is 21.5 Å². The van der Waals surface area contributed by atoms with Gasteiger partial charge in [-0.1, -0.05) is 24.3 Å². The minimum Gasteiger partial charge on any atom is -0.408 e. The van der Waals surface area contributed by atoms with Crippen molar-refractivity contribution < 1.29 is 14.0 Å². The summed E-state index contributed by atoms with van der Waals surface area (Å²) < 4.78 is 4.94. The van der Waals surface area contributed by atoms with Gasteiger partial charge in [0.05, 0.1) is 5.52 Å². The molecule has 0 fully saturated rings. The maximum atomic E-state index is 13.0. The van der Waals surface area contributed by atoms with Gasteiger partial charge in [0.15, 0.2) is 5.58 Å². The van der Waals surface area contributed by atoms with Crippen LogP contribution in [0.25, 0.3) is 11.1 Å². The van der Waals surface area contributed by atoms with Crippen LogP contribution in [0.4, 0.5) is 0 Å². The lowest BCUT2D eigenvalue weighted by Crippen LogP contribution is -2.51. The number of amides is 2. The molecule has 2 aromatic carbocycles. The minimum atomic E-state index is -0.707. The van der Waals surface area contributed by atoms with E-state index >= 15 is 0 Å². The fourth-order valence-corrected chi connectivity index (χ4v) is 3.24. The first-order valence-corrected chi connectivity index (χ1v) is 7.83. The number of hydrogen-bond acceptors (Lipinski definition) is 4.